The van der Waals surface area contributed by atoms with Gasteiger partial charge in [-0.05, 0) is 48.4 Å². The third kappa shape index (κ3) is 10.1. The molecule has 3 aliphatic heterocycles. The van der Waals surface area contributed by atoms with Crippen LogP contribution in [-0.4, -0.2) is 98.0 Å². The van der Waals surface area contributed by atoms with Gasteiger partial charge in [-0.25, -0.2) is 9.59 Å². The molecule has 3 fully saturated rings. The Bertz CT molecular complexity index is 1250. The largest absolute Gasteiger partial charge is 0.497 e. The zero-order valence-corrected chi connectivity index (χ0v) is 27.0. The summed E-state index contributed by atoms with van der Waals surface area (Å²) in [7, 11) is 1.62. The fourth-order valence-corrected chi connectivity index (χ4v) is 5.00. The van der Waals surface area contributed by atoms with E-state index in [1.807, 2.05) is 65.0 Å². The van der Waals surface area contributed by atoms with Crippen LogP contribution in [0.1, 0.15) is 45.2 Å². The number of aliphatic carboxylic acids is 1. The number of nitrogens with one attached hydrogen (secondary N) is 1. The van der Waals surface area contributed by atoms with Gasteiger partial charge < -0.3 is 20.1 Å². The first-order valence-electron chi connectivity index (χ1n) is 15.3. The van der Waals surface area contributed by atoms with E-state index < -0.39 is 12.1 Å². The van der Waals surface area contributed by atoms with Gasteiger partial charge in [-0.15, -0.1) is 0 Å². The van der Waals surface area contributed by atoms with Gasteiger partial charge in [0, 0.05) is 69.7 Å². The number of carboxylic acid groups (broad SMARTS) is 1. The predicted octanol–water partition coefficient (Wildman–Crippen LogP) is 5.14. The number of imide groups is 1. The summed E-state index contributed by atoms with van der Waals surface area (Å²) in [5.74, 6) is -2.14. The van der Waals surface area contributed by atoms with Crippen molar-refractivity contribution in [2.24, 2.45) is 0 Å². The molecule has 0 aliphatic carbocycles. The molecule has 3 aliphatic rings. The van der Waals surface area contributed by atoms with Crippen LogP contribution in [0.15, 0.2) is 42.5 Å². The molecule has 3 saturated heterocycles. The summed E-state index contributed by atoms with van der Waals surface area (Å²) < 4.78 is 36.9. The number of hydrogen-bond donors (Lipinski definition) is 2. The Hall–Kier alpha value is -3.84. The first-order chi connectivity index (χ1) is 21.5. The van der Waals surface area contributed by atoms with Crippen LogP contribution >= 0.6 is 0 Å². The molecule has 250 valence electrons. The van der Waals surface area contributed by atoms with Gasteiger partial charge in [-0.3, -0.25) is 19.5 Å². The van der Waals surface area contributed by atoms with Crippen LogP contribution < -0.4 is 19.9 Å². The van der Waals surface area contributed by atoms with E-state index in [1.54, 1.807) is 12.0 Å². The molecule has 5 rings (SSSR count). The summed E-state index contributed by atoms with van der Waals surface area (Å²) in [5, 5.41) is 10.5. The van der Waals surface area contributed by atoms with E-state index >= 15 is 0 Å². The van der Waals surface area contributed by atoms with Crippen LogP contribution in [-0.2, 0) is 16.1 Å². The number of carbonyl (C=O) groups is 3. The summed E-state index contributed by atoms with van der Waals surface area (Å²) in [6.07, 6.45) is -4.76. The van der Waals surface area contributed by atoms with Crippen LogP contribution in [0.3, 0.4) is 0 Å². The van der Waals surface area contributed by atoms with E-state index in [0.29, 0.717) is 19.0 Å². The Morgan fingerprint density at radius 2 is 1.53 bits per heavy atom. The lowest BCUT2D eigenvalue weighted by molar-refractivity contribution is -0.192. The first kappa shape index (κ1) is 37.3. The summed E-state index contributed by atoms with van der Waals surface area (Å²) in [6, 6.07) is 14.2. The van der Waals surface area contributed by atoms with Crippen molar-refractivity contribution in [3.8, 4) is 5.75 Å². The van der Waals surface area contributed by atoms with E-state index in [4.69, 9.17) is 14.6 Å². The van der Waals surface area contributed by atoms with Gasteiger partial charge >= 0.3 is 18.2 Å². The standard InChI is InChI=1S/C26H33N5O3.C2HF3O2.2C2H6/c1-19-15-21(28-11-13-29(14-12-28)22-16-27-17-22)5-8-24(19)30-10-9-25(32)31(26(30)33)18-20-3-6-23(34-2)7-4-20;3-2(4,5)1(6)7;2*1-2/h3-8,15,22,27H,9-14,16-18H2,1-2H3;(H,6,7);2*1-2H3. The third-order valence-corrected chi connectivity index (χ3v) is 7.48. The summed E-state index contributed by atoms with van der Waals surface area (Å²) in [6.45, 7) is 17.1. The molecule has 10 nitrogen and oxygen atoms in total. The van der Waals surface area contributed by atoms with Gasteiger partial charge in [0.1, 0.15) is 5.75 Å². The Morgan fingerprint density at radius 1 is 0.956 bits per heavy atom. The number of nitrogens with zero attached hydrogens (tertiary/aromatic N) is 4. The number of ether oxygens (including phenoxy) is 1. The molecule has 2 aromatic rings. The molecule has 3 amide bonds. The van der Waals surface area contributed by atoms with Crippen LogP contribution in [0.25, 0.3) is 0 Å². The molecule has 3 heterocycles. The van der Waals surface area contributed by atoms with Crippen molar-refractivity contribution in [3.63, 3.8) is 0 Å². The van der Waals surface area contributed by atoms with Crippen molar-refractivity contribution in [2.75, 3.05) is 62.7 Å². The summed E-state index contributed by atoms with van der Waals surface area (Å²) >= 11 is 0. The van der Waals surface area contributed by atoms with Gasteiger partial charge in [0.05, 0.1) is 13.7 Å². The minimum absolute atomic E-state index is 0.133. The second-order valence-corrected chi connectivity index (χ2v) is 10.1. The molecular weight excluding hydrogens is 591 g/mol. The number of rotatable bonds is 6. The van der Waals surface area contributed by atoms with Crippen molar-refractivity contribution in [1.82, 2.24) is 15.1 Å². The maximum Gasteiger partial charge on any atom is 0.490 e. The van der Waals surface area contributed by atoms with Crippen molar-refractivity contribution < 1.29 is 37.4 Å². The molecule has 13 heteroatoms. The molecule has 0 bridgehead atoms. The fourth-order valence-electron chi connectivity index (χ4n) is 5.00. The number of halogens is 3. The quantitative estimate of drug-likeness (QED) is 0.449. The van der Waals surface area contributed by atoms with Crippen molar-refractivity contribution >= 4 is 29.3 Å². The molecule has 0 saturated carbocycles. The zero-order valence-electron chi connectivity index (χ0n) is 27.0. The van der Waals surface area contributed by atoms with Gasteiger partial charge in [-0.1, -0.05) is 39.8 Å². The van der Waals surface area contributed by atoms with Crippen LogP contribution in [0.5, 0.6) is 5.75 Å². The molecule has 0 unspecified atom stereocenters. The summed E-state index contributed by atoms with van der Waals surface area (Å²) in [5.41, 5.74) is 4.02. The van der Waals surface area contributed by atoms with Crippen molar-refractivity contribution in [1.29, 1.82) is 0 Å². The number of aryl methyl sites for hydroxylation is 1. The molecule has 0 aromatic heterocycles. The topological polar surface area (TPSA) is 106 Å². The monoisotopic (exact) mass is 637 g/mol. The maximum atomic E-state index is 13.3. The highest BCUT2D eigenvalue weighted by Crippen LogP contribution is 2.30. The molecule has 2 aromatic carbocycles. The molecule has 45 heavy (non-hydrogen) atoms. The minimum Gasteiger partial charge on any atom is -0.497 e. The zero-order chi connectivity index (χ0) is 33.7. The molecule has 0 atom stereocenters. The SMILES string of the molecule is CC.CC.COc1ccc(CN2C(=O)CCN(c3ccc(N4CCN(C5CNC5)CC4)cc3C)C2=O)cc1.O=C(O)C(F)(F)F. The number of carbonyl (C=O) groups excluding carboxylic acids is 2. The average Bonchev–Trinajstić information content (AvgIpc) is 3.01. The number of hydrogen-bond acceptors (Lipinski definition) is 7. The number of urea groups is 1. The lowest BCUT2D eigenvalue weighted by Gasteiger charge is -2.44. The highest BCUT2D eigenvalue weighted by molar-refractivity contribution is 6.06. The lowest BCUT2D eigenvalue weighted by Crippen LogP contribution is -2.61. The number of alkyl halides is 3. The Kier molecular flexibility index (Phi) is 14.6. The predicted molar refractivity (Wildman–Crippen MR) is 169 cm³/mol. The van der Waals surface area contributed by atoms with Crippen LogP contribution in [0.4, 0.5) is 29.3 Å². The first-order valence-corrected chi connectivity index (χ1v) is 15.3. The van der Waals surface area contributed by atoms with E-state index in [0.717, 1.165) is 61.8 Å². The van der Waals surface area contributed by atoms with E-state index in [-0.39, 0.29) is 18.5 Å². The number of anilines is 2. The summed E-state index contributed by atoms with van der Waals surface area (Å²) in [4.78, 5) is 42.9. The van der Waals surface area contributed by atoms with Gasteiger partial charge in [0.25, 0.3) is 0 Å². The average molecular weight is 638 g/mol. The number of piperazine rings is 1. The number of methoxy groups -OCH3 is 1. The molecular formula is C32H46F3N5O5. The Labute approximate surface area is 263 Å². The van der Waals surface area contributed by atoms with E-state index in [2.05, 4.69) is 27.2 Å². The maximum absolute atomic E-state index is 13.3. The van der Waals surface area contributed by atoms with Gasteiger partial charge in [0.2, 0.25) is 5.91 Å². The smallest absolute Gasteiger partial charge is 0.490 e. The highest BCUT2D eigenvalue weighted by atomic mass is 19.4. The Balaban J connectivity index is 0.000000561. The van der Waals surface area contributed by atoms with E-state index in [1.165, 1.54) is 10.6 Å². The second kappa shape index (κ2) is 17.6. The normalized spacial score (nSPS) is 17.1. The van der Waals surface area contributed by atoms with Gasteiger partial charge in [-0.2, -0.15) is 13.2 Å². The third-order valence-electron chi connectivity index (χ3n) is 7.48. The number of amides is 3. The molecule has 2 N–H and O–H groups in total. The fraction of sp³-hybridized carbons (Fsp3) is 0.531. The highest BCUT2D eigenvalue weighted by Gasteiger charge is 2.38. The lowest BCUT2D eigenvalue weighted by atomic mass is 10.1. The number of carboxylic acids is 1. The van der Waals surface area contributed by atoms with Crippen molar-refractivity contribution in [3.05, 3.63) is 53.6 Å². The number of benzene rings is 2. The Morgan fingerprint density at radius 3 is 2.00 bits per heavy atom. The van der Waals surface area contributed by atoms with Crippen LogP contribution in [0.2, 0.25) is 0 Å². The second-order valence-electron chi connectivity index (χ2n) is 10.1. The van der Waals surface area contributed by atoms with Gasteiger partial charge in [0.15, 0.2) is 0 Å². The van der Waals surface area contributed by atoms with Crippen molar-refractivity contribution in [2.45, 2.75) is 59.8 Å². The minimum atomic E-state index is -5.08. The van der Waals surface area contributed by atoms with E-state index in [9.17, 15) is 22.8 Å². The molecule has 0 spiro atoms. The molecule has 0 radical (unpaired) electrons. The van der Waals surface area contributed by atoms with Crippen LogP contribution in [0, 0.1) is 6.92 Å².